The molecule has 0 bridgehead atoms. The maximum Gasteiger partial charge on any atom is 0.306 e. The van der Waals surface area contributed by atoms with Crippen LogP contribution in [0.3, 0.4) is 0 Å². The first-order chi connectivity index (χ1) is 33.0. The molecule has 0 aliphatic carbocycles. The second-order valence-corrected chi connectivity index (χ2v) is 17.3. The highest BCUT2D eigenvalue weighted by Crippen LogP contribution is 2.15. The first kappa shape index (κ1) is 62.5. The number of ether oxygens (including phenoxy) is 3. The maximum absolute atomic E-state index is 12.8. The molecule has 0 aliphatic rings. The normalized spacial score (nSPS) is 13.2. The van der Waals surface area contributed by atoms with Crippen molar-refractivity contribution in [3.05, 3.63) is 134 Å². The van der Waals surface area contributed by atoms with Gasteiger partial charge in [-0.25, -0.2) is 0 Å². The molecule has 0 aromatic heterocycles. The summed E-state index contributed by atoms with van der Waals surface area (Å²) < 4.78 is 16.8. The zero-order chi connectivity index (χ0) is 48.6. The number of hydrogen-bond acceptors (Lipinski definition) is 6. The van der Waals surface area contributed by atoms with Crippen LogP contribution in [-0.4, -0.2) is 37.2 Å². The SMILES string of the molecule is CC\C=C/C=C\C=C/C=C\C=C\C=C/C=C\CCCCCC(=O)OCC(COC(=O)CCCCC\C=C/C=C\C=C/C=C\CC)OC(=O)CCCCCCCCCCCCCCCCCCC. The van der Waals surface area contributed by atoms with Gasteiger partial charge in [0.15, 0.2) is 6.10 Å². The number of carbonyl (C=O) groups excluding carboxylic acids is 3. The van der Waals surface area contributed by atoms with Crippen molar-refractivity contribution in [2.75, 3.05) is 13.2 Å². The third-order valence-electron chi connectivity index (χ3n) is 10.9. The summed E-state index contributed by atoms with van der Waals surface area (Å²) in [6.07, 6.45) is 75.8. The zero-order valence-corrected chi connectivity index (χ0v) is 42.9. The van der Waals surface area contributed by atoms with E-state index < -0.39 is 6.10 Å². The smallest absolute Gasteiger partial charge is 0.306 e. The van der Waals surface area contributed by atoms with Gasteiger partial charge >= 0.3 is 17.9 Å². The molecule has 0 aromatic rings. The van der Waals surface area contributed by atoms with Gasteiger partial charge in [0.25, 0.3) is 0 Å². The number of carbonyl (C=O) groups is 3. The summed E-state index contributed by atoms with van der Waals surface area (Å²) in [5.74, 6) is -1.00. The molecular weight excluding hydrogens is 829 g/mol. The fraction of sp³-hybridized carbons (Fsp3) is 0.590. The van der Waals surface area contributed by atoms with Crippen LogP contribution in [0.15, 0.2) is 134 Å². The van der Waals surface area contributed by atoms with Gasteiger partial charge in [-0.05, 0) is 57.8 Å². The van der Waals surface area contributed by atoms with Crippen LogP contribution in [0.1, 0.15) is 213 Å². The van der Waals surface area contributed by atoms with Gasteiger partial charge in [0, 0.05) is 19.3 Å². The molecule has 0 heterocycles. The predicted molar refractivity (Wildman–Crippen MR) is 288 cm³/mol. The molecule has 1 atom stereocenters. The Morgan fingerprint density at radius 1 is 0.313 bits per heavy atom. The lowest BCUT2D eigenvalue weighted by Gasteiger charge is -2.18. The number of hydrogen-bond donors (Lipinski definition) is 0. The standard InChI is InChI=1S/C61H96O6/c1-4-7-10-13-16-19-22-25-27-29-30-32-33-36-39-42-45-48-51-54-60(63)66-57-58(56-65-59(62)53-50-47-44-41-38-35-24-21-18-15-12-9-6-3)67-61(64)55-52-49-46-43-40-37-34-31-28-26-23-20-17-14-11-8-5-2/h7,9-10,12-13,15-16,18-19,21-22,24-25,27,29-30,32-33,35-36,38-39,58H,4-6,8,11,14,17,20,23,26,28,31,34,37,40-57H2,1-3H3/b10-7-,12-9-,16-13-,18-15-,22-19-,24-21-,27-25-,30-29+,33-32-,38-35-,39-36-. The molecule has 0 fully saturated rings. The second-order valence-electron chi connectivity index (χ2n) is 17.3. The molecular formula is C61H96O6. The second kappa shape index (κ2) is 54.2. The molecule has 0 radical (unpaired) electrons. The highest BCUT2D eigenvalue weighted by atomic mass is 16.6. The van der Waals surface area contributed by atoms with Crippen LogP contribution in [0.25, 0.3) is 0 Å². The van der Waals surface area contributed by atoms with Crippen LogP contribution in [0.2, 0.25) is 0 Å². The lowest BCUT2D eigenvalue weighted by molar-refractivity contribution is -0.167. The van der Waals surface area contributed by atoms with E-state index >= 15 is 0 Å². The largest absolute Gasteiger partial charge is 0.462 e. The van der Waals surface area contributed by atoms with Crippen molar-refractivity contribution in [1.82, 2.24) is 0 Å². The molecule has 376 valence electrons. The van der Waals surface area contributed by atoms with Crippen molar-refractivity contribution in [2.24, 2.45) is 0 Å². The van der Waals surface area contributed by atoms with Gasteiger partial charge in [-0.1, -0.05) is 270 Å². The average Bonchev–Trinajstić information content (AvgIpc) is 3.33. The Morgan fingerprint density at radius 3 is 0.910 bits per heavy atom. The van der Waals surface area contributed by atoms with Crippen molar-refractivity contribution in [3.8, 4) is 0 Å². The van der Waals surface area contributed by atoms with E-state index in [1.807, 2.05) is 109 Å². The molecule has 0 aromatic carbocycles. The molecule has 0 saturated carbocycles. The minimum Gasteiger partial charge on any atom is -0.462 e. The van der Waals surface area contributed by atoms with Crippen molar-refractivity contribution < 1.29 is 28.6 Å². The minimum absolute atomic E-state index is 0.117. The lowest BCUT2D eigenvalue weighted by Crippen LogP contribution is -2.30. The van der Waals surface area contributed by atoms with E-state index in [1.54, 1.807) is 0 Å². The Hall–Kier alpha value is -4.45. The fourth-order valence-corrected chi connectivity index (χ4v) is 6.96. The number of esters is 3. The van der Waals surface area contributed by atoms with Gasteiger partial charge < -0.3 is 14.2 Å². The van der Waals surface area contributed by atoms with E-state index in [0.717, 1.165) is 83.5 Å². The van der Waals surface area contributed by atoms with E-state index in [1.165, 1.54) is 89.9 Å². The Bertz CT molecular complexity index is 1480. The van der Waals surface area contributed by atoms with Crippen LogP contribution in [0.5, 0.6) is 0 Å². The number of allylic oxidation sites excluding steroid dienone is 22. The lowest BCUT2D eigenvalue weighted by atomic mass is 10.0. The van der Waals surface area contributed by atoms with E-state index in [2.05, 4.69) is 45.1 Å². The number of unbranched alkanes of at least 4 members (excludes halogenated alkanes) is 22. The summed E-state index contributed by atoms with van der Waals surface area (Å²) in [6, 6.07) is 0. The first-order valence-electron chi connectivity index (χ1n) is 26.8. The van der Waals surface area contributed by atoms with E-state index in [-0.39, 0.29) is 31.1 Å². The maximum atomic E-state index is 12.8. The van der Waals surface area contributed by atoms with Crippen LogP contribution in [-0.2, 0) is 28.6 Å². The van der Waals surface area contributed by atoms with Crippen molar-refractivity contribution in [2.45, 2.75) is 219 Å². The van der Waals surface area contributed by atoms with Crippen molar-refractivity contribution in [1.29, 1.82) is 0 Å². The fourth-order valence-electron chi connectivity index (χ4n) is 6.96. The summed E-state index contributed by atoms with van der Waals surface area (Å²) in [4.78, 5) is 38.0. The topological polar surface area (TPSA) is 78.9 Å². The van der Waals surface area contributed by atoms with Crippen LogP contribution >= 0.6 is 0 Å². The quantitative estimate of drug-likeness (QED) is 0.0262. The van der Waals surface area contributed by atoms with Gasteiger partial charge in [0.05, 0.1) is 0 Å². The summed E-state index contributed by atoms with van der Waals surface area (Å²) in [5.41, 5.74) is 0. The minimum atomic E-state index is -0.816. The molecule has 0 spiro atoms. The third kappa shape index (κ3) is 52.4. The summed E-state index contributed by atoms with van der Waals surface area (Å²) in [5, 5.41) is 0. The molecule has 1 unspecified atom stereocenters. The molecule has 6 nitrogen and oxygen atoms in total. The Kier molecular flexibility index (Phi) is 50.6. The molecule has 6 heteroatoms. The van der Waals surface area contributed by atoms with Gasteiger partial charge in [-0.15, -0.1) is 0 Å². The molecule has 0 amide bonds. The van der Waals surface area contributed by atoms with Crippen LogP contribution < -0.4 is 0 Å². The molecule has 0 aliphatic heterocycles. The van der Waals surface area contributed by atoms with E-state index in [9.17, 15) is 14.4 Å². The van der Waals surface area contributed by atoms with Gasteiger partial charge in [-0.3, -0.25) is 14.4 Å². The molecule has 0 N–H and O–H groups in total. The van der Waals surface area contributed by atoms with E-state index in [4.69, 9.17) is 14.2 Å². The van der Waals surface area contributed by atoms with Crippen LogP contribution in [0, 0.1) is 0 Å². The average molecular weight is 925 g/mol. The Balaban J connectivity index is 4.54. The third-order valence-corrected chi connectivity index (χ3v) is 10.9. The summed E-state index contributed by atoms with van der Waals surface area (Å²) in [7, 11) is 0. The highest BCUT2D eigenvalue weighted by Gasteiger charge is 2.19. The predicted octanol–water partition coefficient (Wildman–Crippen LogP) is 17.9. The van der Waals surface area contributed by atoms with E-state index in [0.29, 0.717) is 19.3 Å². The summed E-state index contributed by atoms with van der Waals surface area (Å²) >= 11 is 0. The molecule has 67 heavy (non-hydrogen) atoms. The number of rotatable bonds is 46. The summed E-state index contributed by atoms with van der Waals surface area (Å²) in [6.45, 7) is 6.27. The van der Waals surface area contributed by atoms with Crippen LogP contribution in [0.4, 0.5) is 0 Å². The van der Waals surface area contributed by atoms with Crippen molar-refractivity contribution in [3.63, 3.8) is 0 Å². The highest BCUT2D eigenvalue weighted by molar-refractivity contribution is 5.71. The Morgan fingerprint density at radius 2 is 0.582 bits per heavy atom. The monoisotopic (exact) mass is 925 g/mol. The van der Waals surface area contributed by atoms with Gasteiger partial charge in [-0.2, -0.15) is 0 Å². The molecule has 0 rings (SSSR count). The zero-order valence-electron chi connectivity index (χ0n) is 42.9. The first-order valence-corrected chi connectivity index (χ1v) is 26.8. The van der Waals surface area contributed by atoms with Crippen molar-refractivity contribution >= 4 is 17.9 Å². The van der Waals surface area contributed by atoms with Gasteiger partial charge in [0.1, 0.15) is 13.2 Å². The molecule has 0 saturated heterocycles. The Labute approximate surface area is 411 Å². The van der Waals surface area contributed by atoms with Gasteiger partial charge in [0.2, 0.25) is 0 Å².